The smallest absolute Gasteiger partial charge is 0.192 e. The molecule has 3 nitrogen and oxygen atoms in total. The summed E-state index contributed by atoms with van der Waals surface area (Å²) in [6, 6.07) is 24.5. The van der Waals surface area contributed by atoms with Crippen LogP contribution in [0.25, 0.3) is 11.4 Å². The summed E-state index contributed by atoms with van der Waals surface area (Å²) in [5.74, 6) is 1.47. The fraction of sp³-hybridized carbons (Fsp3) is 0.231. The summed E-state index contributed by atoms with van der Waals surface area (Å²) in [6.45, 7) is 7.33. The molecule has 0 spiro atoms. The number of halogens is 2. The first kappa shape index (κ1) is 22.9. The Balaban J connectivity index is 1.68. The Morgan fingerprint density at radius 2 is 1.47 bits per heavy atom. The van der Waals surface area contributed by atoms with E-state index in [-0.39, 0.29) is 5.41 Å². The maximum absolute atomic E-state index is 6.38. The molecule has 0 aliphatic heterocycles. The van der Waals surface area contributed by atoms with Gasteiger partial charge in [-0.25, -0.2) is 0 Å². The number of rotatable bonds is 6. The first-order chi connectivity index (χ1) is 15.3. The third-order valence-electron chi connectivity index (χ3n) is 5.32. The number of benzene rings is 3. The molecule has 164 valence electrons. The number of hydrogen-bond acceptors (Lipinski definition) is 3. The van der Waals surface area contributed by atoms with Gasteiger partial charge in [0.1, 0.15) is 0 Å². The first-order valence-corrected chi connectivity index (χ1v) is 12.2. The lowest BCUT2D eigenvalue weighted by atomic mass is 9.87. The van der Waals surface area contributed by atoms with Crippen LogP contribution in [0.15, 0.2) is 78.0 Å². The molecule has 1 aromatic heterocycles. The van der Waals surface area contributed by atoms with Crippen molar-refractivity contribution in [1.82, 2.24) is 14.8 Å². The molecule has 32 heavy (non-hydrogen) atoms. The second kappa shape index (κ2) is 9.70. The van der Waals surface area contributed by atoms with Crippen LogP contribution in [0.5, 0.6) is 0 Å². The third kappa shape index (κ3) is 5.20. The van der Waals surface area contributed by atoms with E-state index in [4.69, 9.17) is 23.2 Å². The van der Waals surface area contributed by atoms with Gasteiger partial charge in [-0.2, -0.15) is 0 Å². The quantitative estimate of drug-likeness (QED) is 0.262. The van der Waals surface area contributed by atoms with Crippen LogP contribution in [0.3, 0.4) is 0 Å². The van der Waals surface area contributed by atoms with Crippen LogP contribution in [0.4, 0.5) is 0 Å². The summed E-state index contributed by atoms with van der Waals surface area (Å²) in [5, 5.41) is 11.2. The maximum atomic E-state index is 6.38. The monoisotopic (exact) mass is 481 g/mol. The van der Waals surface area contributed by atoms with Crippen LogP contribution >= 0.6 is 35.0 Å². The van der Waals surface area contributed by atoms with E-state index < -0.39 is 0 Å². The average Bonchev–Trinajstić information content (AvgIpc) is 3.16. The van der Waals surface area contributed by atoms with Crippen molar-refractivity contribution < 1.29 is 0 Å². The van der Waals surface area contributed by atoms with Crippen LogP contribution in [0, 0.1) is 0 Å². The Bertz CT molecular complexity index is 1180. The van der Waals surface area contributed by atoms with Crippen LogP contribution in [0.1, 0.15) is 37.5 Å². The predicted octanol–water partition coefficient (Wildman–Crippen LogP) is 7.89. The molecule has 0 atom stereocenters. The van der Waals surface area contributed by atoms with Crippen LogP contribution in [-0.2, 0) is 17.7 Å². The minimum Gasteiger partial charge on any atom is -0.298 e. The zero-order valence-electron chi connectivity index (χ0n) is 18.3. The second-order valence-corrected chi connectivity index (χ2v) is 10.5. The van der Waals surface area contributed by atoms with E-state index in [1.165, 1.54) is 11.1 Å². The van der Waals surface area contributed by atoms with Crippen molar-refractivity contribution in [2.45, 2.75) is 43.6 Å². The zero-order valence-corrected chi connectivity index (χ0v) is 20.7. The van der Waals surface area contributed by atoms with E-state index in [2.05, 4.69) is 71.9 Å². The van der Waals surface area contributed by atoms with Gasteiger partial charge < -0.3 is 0 Å². The van der Waals surface area contributed by atoms with E-state index >= 15 is 0 Å². The maximum Gasteiger partial charge on any atom is 0.192 e. The van der Waals surface area contributed by atoms with E-state index in [0.29, 0.717) is 22.3 Å². The molecule has 0 aliphatic carbocycles. The van der Waals surface area contributed by atoms with Crippen molar-refractivity contribution in [3.8, 4) is 11.4 Å². The van der Waals surface area contributed by atoms with Gasteiger partial charge in [-0.1, -0.05) is 116 Å². The van der Waals surface area contributed by atoms with E-state index in [1.54, 1.807) is 11.8 Å². The Labute approximate surface area is 203 Å². The van der Waals surface area contributed by atoms with Gasteiger partial charge in [0.2, 0.25) is 0 Å². The van der Waals surface area contributed by atoms with Crippen molar-refractivity contribution in [3.63, 3.8) is 0 Å². The fourth-order valence-corrected chi connectivity index (χ4v) is 5.12. The molecule has 0 unspecified atom stereocenters. The van der Waals surface area contributed by atoms with Gasteiger partial charge in [-0.3, -0.25) is 4.57 Å². The normalized spacial score (nSPS) is 11.7. The van der Waals surface area contributed by atoms with Crippen LogP contribution in [-0.4, -0.2) is 14.8 Å². The van der Waals surface area contributed by atoms with Gasteiger partial charge >= 0.3 is 0 Å². The van der Waals surface area contributed by atoms with Gasteiger partial charge in [0.05, 0.1) is 6.54 Å². The van der Waals surface area contributed by atoms with Crippen molar-refractivity contribution in [1.29, 1.82) is 0 Å². The summed E-state index contributed by atoms with van der Waals surface area (Å²) in [6.07, 6.45) is 0. The molecule has 0 saturated heterocycles. The summed E-state index contributed by atoms with van der Waals surface area (Å²) in [4.78, 5) is 0. The lowest BCUT2D eigenvalue weighted by Crippen LogP contribution is -2.10. The van der Waals surface area contributed by atoms with Crippen molar-refractivity contribution >= 4 is 35.0 Å². The molecule has 3 aromatic carbocycles. The third-order valence-corrected chi connectivity index (χ3v) is 7.02. The molecule has 0 N–H and O–H groups in total. The van der Waals surface area contributed by atoms with Crippen LogP contribution < -0.4 is 0 Å². The lowest BCUT2D eigenvalue weighted by Gasteiger charge is -2.19. The Kier molecular flexibility index (Phi) is 6.94. The summed E-state index contributed by atoms with van der Waals surface area (Å²) in [7, 11) is 0. The van der Waals surface area contributed by atoms with E-state index in [1.807, 2.05) is 36.4 Å². The van der Waals surface area contributed by atoms with Crippen LogP contribution in [0.2, 0.25) is 10.0 Å². The number of aromatic nitrogens is 3. The molecule has 6 heteroatoms. The zero-order chi connectivity index (χ0) is 22.7. The fourth-order valence-electron chi connectivity index (χ4n) is 3.44. The summed E-state index contributed by atoms with van der Waals surface area (Å²) >= 11 is 14.3. The van der Waals surface area contributed by atoms with Gasteiger partial charge in [-0.15, -0.1) is 10.2 Å². The highest BCUT2D eigenvalue weighted by molar-refractivity contribution is 7.98. The summed E-state index contributed by atoms with van der Waals surface area (Å²) in [5.41, 5.74) is 4.54. The van der Waals surface area contributed by atoms with Crippen molar-refractivity contribution in [2.75, 3.05) is 0 Å². The highest BCUT2D eigenvalue weighted by Gasteiger charge is 2.18. The van der Waals surface area contributed by atoms with Crippen molar-refractivity contribution in [2.24, 2.45) is 0 Å². The number of hydrogen-bond donors (Lipinski definition) is 0. The van der Waals surface area contributed by atoms with Gasteiger partial charge in [-0.05, 0) is 34.2 Å². The molecule has 0 aliphatic rings. The van der Waals surface area contributed by atoms with Gasteiger partial charge in [0.25, 0.3) is 0 Å². The average molecular weight is 482 g/mol. The number of nitrogens with zero attached hydrogens (tertiary/aromatic N) is 3. The molecule has 4 aromatic rings. The Hall–Kier alpha value is -2.27. The molecule has 0 amide bonds. The molecule has 1 heterocycles. The predicted molar refractivity (Wildman–Crippen MR) is 136 cm³/mol. The highest BCUT2D eigenvalue weighted by atomic mass is 35.5. The minimum atomic E-state index is 0.103. The molecule has 0 saturated carbocycles. The molecule has 0 fully saturated rings. The molecular weight excluding hydrogens is 457 g/mol. The second-order valence-electron chi connectivity index (χ2n) is 8.69. The largest absolute Gasteiger partial charge is 0.298 e. The molecule has 0 radical (unpaired) electrons. The molecular formula is C26H25Cl2N3S. The van der Waals surface area contributed by atoms with Gasteiger partial charge in [0.15, 0.2) is 11.0 Å². The Morgan fingerprint density at radius 3 is 2.09 bits per heavy atom. The van der Waals surface area contributed by atoms with E-state index in [0.717, 1.165) is 22.1 Å². The van der Waals surface area contributed by atoms with Gasteiger partial charge in [0, 0.05) is 21.4 Å². The topological polar surface area (TPSA) is 30.7 Å². The first-order valence-electron chi connectivity index (χ1n) is 10.5. The summed E-state index contributed by atoms with van der Waals surface area (Å²) < 4.78 is 2.16. The minimum absolute atomic E-state index is 0.103. The lowest BCUT2D eigenvalue weighted by molar-refractivity contribution is 0.590. The SMILES string of the molecule is CC(C)(C)c1ccc(-c2nnc(SCc3c(Cl)cccc3Cl)n2Cc2ccccc2)cc1. The Morgan fingerprint density at radius 1 is 0.812 bits per heavy atom. The molecule has 0 bridgehead atoms. The van der Waals surface area contributed by atoms with Crippen molar-refractivity contribution in [3.05, 3.63) is 99.5 Å². The standard InChI is InChI=1S/C26H25Cl2N3S/c1-26(2,3)20-14-12-19(13-15-20)24-29-30-25(31(24)16-18-8-5-4-6-9-18)32-17-21-22(27)10-7-11-23(21)28/h4-15H,16-17H2,1-3H3. The number of thioether (sulfide) groups is 1. The molecule has 4 rings (SSSR count). The van der Waals surface area contributed by atoms with E-state index in [9.17, 15) is 0 Å². The highest BCUT2D eigenvalue weighted by Crippen LogP contribution is 2.33.